The molecular weight excluding hydrogens is 460 g/mol. The van der Waals surface area contributed by atoms with Crippen molar-refractivity contribution in [3.63, 3.8) is 0 Å². The maximum absolute atomic E-state index is 12.3. The second-order valence-corrected chi connectivity index (χ2v) is 7.99. The van der Waals surface area contributed by atoms with E-state index in [1.807, 2.05) is 44.2 Å². The summed E-state index contributed by atoms with van der Waals surface area (Å²) < 4.78 is 5.67. The second kappa shape index (κ2) is 11.6. The van der Waals surface area contributed by atoms with Crippen molar-refractivity contribution in [2.45, 2.75) is 26.7 Å². The fraction of sp³-hybridized carbons (Fsp3) is 0.269. The summed E-state index contributed by atoms with van der Waals surface area (Å²) >= 11 is 0. The molecule has 1 amide bonds. The average Bonchev–Trinajstić information content (AvgIpc) is 2.87. The molecule has 9 heteroatoms. The minimum Gasteiger partial charge on any atom is -0.492 e. The zero-order valence-corrected chi connectivity index (χ0v) is 21.3. The number of hydrogen-bond acceptors (Lipinski definition) is 7. The number of carbonyl (C=O) groups excluding carboxylic acids is 1. The topological polar surface area (TPSA) is 102 Å². The number of carbonyl (C=O) groups is 1. The Bertz CT molecular complexity index is 1330. The molecule has 3 aromatic heterocycles. The van der Waals surface area contributed by atoms with Gasteiger partial charge >= 0.3 is 0 Å². The van der Waals surface area contributed by atoms with Crippen LogP contribution in [0, 0.1) is 6.92 Å². The fourth-order valence-electron chi connectivity index (χ4n) is 3.86. The molecule has 0 aliphatic heterocycles. The van der Waals surface area contributed by atoms with E-state index in [9.17, 15) is 4.79 Å². The molecule has 182 valence electrons. The van der Waals surface area contributed by atoms with Crippen molar-refractivity contribution < 1.29 is 9.53 Å². The largest absolute Gasteiger partial charge is 0.492 e. The summed E-state index contributed by atoms with van der Waals surface area (Å²) in [6.45, 7) is 7.20. The molecule has 0 bridgehead atoms. The van der Waals surface area contributed by atoms with Gasteiger partial charge in [0, 0.05) is 48.9 Å². The van der Waals surface area contributed by atoms with Crippen molar-refractivity contribution in [3.8, 4) is 17.0 Å². The highest BCUT2D eigenvalue weighted by atomic mass is 32.1. The summed E-state index contributed by atoms with van der Waals surface area (Å²) in [5.41, 5.74) is 4.99. The van der Waals surface area contributed by atoms with Gasteiger partial charge in [-0.25, -0.2) is 9.97 Å². The van der Waals surface area contributed by atoms with Crippen molar-refractivity contribution in [1.29, 1.82) is 0 Å². The van der Waals surface area contributed by atoms with Crippen molar-refractivity contribution in [2.24, 2.45) is 0 Å². The molecule has 1 atom stereocenters. The van der Waals surface area contributed by atoms with Gasteiger partial charge in [0.2, 0.25) is 0 Å². The number of ether oxygens (including phenoxy) is 1. The minimum atomic E-state index is -0.123. The Morgan fingerprint density at radius 1 is 1.11 bits per heavy atom. The van der Waals surface area contributed by atoms with Gasteiger partial charge in [0.05, 0.1) is 29.1 Å². The SMILES string of the molecule is CCOc1cc(-c2cc(NC[C@@H](C)c3cccc4c(C(=O)NC)ccnc34)ncn2)cnc1C.S. The highest BCUT2D eigenvalue weighted by Gasteiger charge is 2.15. The number of anilines is 1. The Morgan fingerprint density at radius 2 is 1.94 bits per heavy atom. The van der Waals surface area contributed by atoms with Gasteiger partial charge in [-0.05, 0) is 31.5 Å². The van der Waals surface area contributed by atoms with Gasteiger partial charge in [0.15, 0.2) is 0 Å². The van der Waals surface area contributed by atoms with Crippen LogP contribution in [0.4, 0.5) is 5.82 Å². The number of fused-ring (bicyclic) bond motifs is 1. The maximum Gasteiger partial charge on any atom is 0.251 e. The molecule has 0 radical (unpaired) electrons. The molecule has 8 nitrogen and oxygen atoms in total. The molecule has 0 unspecified atom stereocenters. The summed E-state index contributed by atoms with van der Waals surface area (Å²) in [4.78, 5) is 30.0. The summed E-state index contributed by atoms with van der Waals surface area (Å²) in [6, 6.07) is 11.5. The van der Waals surface area contributed by atoms with Crippen LogP contribution in [0.1, 0.15) is 41.4 Å². The number of pyridine rings is 2. The molecule has 3 heterocycles. The fourth-order valence-corrected chi connectivity index (χ4v) is 3.86. The van der Waals surface area contributed by atoms with Crippen LogP contribution in [0.5, 0.6) is 5.75 Å². The minimum absolute atomic E-state index is 0. The maximum atomic E-state index is 12.3. The molecule has 0 saturated carbocycles. The molecule has 0 aliphatic carbocycles. The van der Waals surface area contributed by atoms with Crippen LogP contribution in [0.3, 0.4) is 0 Å². The predicted molar refractivity (Wildman–Crippen MR) is 144 cm³/mol. The van der Waals surface area contributed by atoms with Gasteiger partial charge in [-0.15, -0.1) is 0 Å². The lowest BCUT2D eigenvalue weighted by Crippen LogP contribution is -2.18. The second-order valence-electron chi connectivity index (χ2n) is 7.99. The number of aryl methyl sites for hydroxylation is 1. The van der Waals surface area contributed by atoms with Crippen molar-refractivity contribution >= 4 is 36.1 Å². The Hall–Kier alpha value is -3.72. The van der Waals surface area contributed by atoms with Crippen molar-refractivity contribution in [2.75, 3.05) is 25.5 Å². The van der Waals surface area contributed by atoms with Crippen LogP contribution < -0.4 is 15.4 Å². The molecule has 0 fully saturated rings. The van der Waals surface area contributed by atoms with E-state index in [1.54, 1.807) is 25.5 Å². The van der Waals surface area contributed by atoms with Gasteiger partial charge in [0.25, 0.3) is 5.91 Å². The lowest BCUT2D eigenvalue weighted by atomic mass is 9.96. The van der Waals surface area contributed by atoms with E-state index in [4.69, 9.17) is 4.74 Å². The Labute approximate surface area is 212 Å². The van der Waals surface area contributed by atoms with Gasteiger partial charge in [-0.2, -0.15) is 13.5 Å². The lowest BCUT2D eigenvalue weighted by molar-refractivity contribution is 0.0964. The zero-order chi connectivity index (χ0) is 24.1. The number of para-hydroxylation sites is 1. The summed E-state index contributed by atoms with van der Waals surface area (Å²) in [7, 11) is 1.63. The van der Waals surface area contributed by atoms with Crippen molar-refractivity contribution in [1.82, 2.24) is 25.3 Å². The number of nitrogens with one attached hydrogen (secondary N) is 2. The summed E-state index contributed by atoms with van der Waals surface area (Å²) in [6.07, 6.45) is 5.01. The third-order valence-electron chi connectivity index (χ3n) is 5.70. The van der Waals surface area contributed by atoms with Crippen LogP contribution in [-0.2, 0) is 0 Å². The average molecular weight is 491 g/mol. The van der Waals surface area contributed by atoms with Gasteiger partial charge in [-0.1, -0.05) is 25.1 Å². The van der Waals surface area contributed by atoms with E-state index in [-0.39, 0.29) is 25.3 Å². The first kappa shape index (κ1) is 25.9. The van der Waals surface area contributed by atoms with Crippen LogP contribution in [0.25, 0.3) is 22.2 Å². The first-order valence-electron chi connectivity index (χ1n) is 11.3. The van der Waals surface area contributed by atoms with E-state index in [0.717, 1.165) is 45.0 Å². The van der Waals surface area contributed by atoms with E-state index in [1.165, 1.54) is 6.33 Å². The highest BCUT2D eigenvalue weighted by Crippen LogP contribution is 2.28. The molecule has 35 heavy (non-hydrogen) atoms. The molecule has 0 aliphatic rings. The van der Waals surface area contributed by atoms with E-state index in [0.29, 0.717) is 18.7 Å². The third-order valence-corrected chi connectivity index (χ3v) is 5.70. The predicted octanol–water partition coefficient (Wildman–Crippen LogP) is 4.48. The van der Waals surface area contributed by atoms with E-state index >= 15 is 0 Å². The molecule has 4 aromatic rings. The molecular formula is C26H30N6O2S. The highest BCUT2D eigenvalue weighted by molar-refractivity contribution is 7.59. The van der Waals surface area contributed by atoms with Crippen LogP contribution >= 0.6 is 13.5 Å². The third kappa shape index (κ3) is 5.68. The quantitative estimate of drug-likeness (QED) is 0.375. The van der Waals surface area contributed by atoms with Gasteiger partial charge < -0.3 is 15.4 Å². The van der Waals surface area contributed by atoms with Gasteiger partial charge in [0.1, 0.15) is 17.9 Å². The summed E-state index contributed by atoms with van der Waals surface area (Å²) in [5.74, 6) is 1.47. The normalized spacial score (nSPS) is 11.4. The van der Waals surface area contributed by atoms with E-state index in [2.05, 4.69) is 37.5 Å². The molecule has 4 rings (SSSR count). The van der Waals surface area contributed by atoms with Gasteiger partial charge in [-0.3, -0.25) is 14.8 Å². The first-order chi connectivity index (χ1) is 16.5. The smallest absolute Gasteiger partial charge is 0.251 e. The zero-order valence-electron chi connectivity index (χ0n) is 20.3. The number of benzene rings is 1. The molecule has 1 aromatic carbocycles. The molecule has 2 N–H and O–H groups in total. The van der Waals surface area contributed by atoms with Crippen LogP contribution in [0.2, 0.25) is 0 Å². The summed E-state index contributed by atoms with van der Waals surface area (Å²) in [5, 5.41) is 6.94. The van der Waals surface area contributed by atoms with Crippen molar-refractivity contribution in [3.05, 3.63) is 71.9 Å². The monoisotopic (exact) mass is 490 g/mol. The van der Waals surface area contributed by atoms with Crippen LogP contribution in [0.15, 0.2) is 55.1 Å². The number of rotatable bonds is 8. The standard InChI is InChI=1S/C26H28N6O2.H2S/c1-5-34-23-11-18(14-29-17(23)3)22-12-24(32-15-31-22)30-13-16(2)19-7-6-8-20-21(26(33)27-4)9-10-28-25(19)20;/h6-12,14-16H,5,13H2,1-4H3,(H,27,33)(H,30,31,32);1H2/t16-;/m1./s1. The Morgan fingerprint density at radius 3 is 2.71 bits per heavy atom. The number of hydrogen-bond donors (Lipinski definition) is 2. The van der Waals surface area contributed by atoms with Crippen LogP contribution in [-0.4, -0.2) is 46.0 Å². The molecule has 0 spiro atoms. The Kier molecular flexibility index (Phi) is 8.59. The lowest BCUT2D eigenvalue weighted by Gasteiger charge is -2.16. The van der Waals surface area contributed by atoms with E-state index < -0.39 is 0 Å². The molecule has 0 saturated heterocycles. The number of aromatic nitrogens is 4. The number of amides is 1. The Balaban J connectivity index is 0.00000342. The number of nitrogens with zero attached hydrogens (tertiary/aromatic N) is 4. The first-order valence-corrected chi connectivity index (χ1v) is 11.3.